The fourth-order valence-electron chi connectivity index (χ4n) is 1.53. The van der Waals surface area contributed by atoms with Gasteiger partial charge < -0.3 is 10.8 Å². The number of thioether (sulfide) groups is 1. The molecule has 4 nitrogen and oxygen atoms in total. The summed E-state index contributed by atoms with van der Waals surface area (Å²) in [7, 11) is 0. The van der Waals surface area contributed by atoms with Crippen LogP contribution in [0, 0.1) is 6.92 Å². The van der Waals surface area contributed by atoms with Crippen molar-refractivity contribution in [2.75, 3.05) is 5.73 Å². The summed E-state index contributed by atoms with van der Waals surface area (Å²) in [6, 6.07) is 9.20. The summed E-state index contributed by atoms with van der Waals surface area (Å²) in [5, 5.41) is 8.78. The zero-order chi connectivity index (χ0) is 13.8. The fourth-order valence-corrected chi connectivity index (χ4v) is 2.44. The van der Waals surface area contributed by atoms with E-state index >= 15 is 0 Å². The number of carboxylic acid groups (broad SMARTS) is 1. The number of hydrogen-bond acceptors (Lipinski definition) is 4. The minimum atomic E-state index is -0.958. The number of aromatic carboxylic acids is 1. The van der Waals surface area contributed by atoms with Gasteiger partial charge in [0, 0.05) is 22.5 Å². The normalized spacial score (nSPS) is 10.4. The Bertz CT molecular complexity index is 597. The maximum absolute atomic E-state index is 10.7. The van der Waals surface area contributed by atoms with Crippen LogP contribution in [0.25, 0.3) is 0 Å². The number of pyridine rings is 1. The second kappa shape index (κ2) is 5.75. The molecule has 0 spiro atoms. The third-order valence-electron chi connectivity index (χ3n) is 2.70. The molecule has 1 aromatic heterocycles. The SMILES string of the molecule is Cc1cc(SCc2ccc(C(=O)O)cn2)ccc1N. The van der Waals surface area contributed by atoms with Crippen molar-refractivity contribution in [1.82, 2.24) is 4.98 Å². The van der Waals surface area contributed by atoms with Crippen LogP contribution in [-0.4, -0.2) is 16.1 Å². The molecule has 0 saturated heterocycles. The van der Waals surface area contributed by atoms with Crippen LogP contribution in [0.2, 0.25) is 0 Å². The number of aromatic nitrogens is 1. The highest BCUT2D eigenvalue weighted by Crippen LogP contribution is 2.25. The van der Waals surface area contributed by atoms with Gasteiger partial charge >= 0.3 is 5.97 Å². The zero-order valence-electron chi connectivity index (χ0n) is 10.5. The first kappa shape index (κ1) is 13.4. The topological polar surface area (TPSA) is 76.2 Å². The maximum atomic E-state index is 10.7. The van der Waals surface area contributed by atoms with Crippen LogP contribution in [0.5, 0.6) is 0 Å². The Morgan fingerprint density at radius 1 is 1.37 bits per heavy atom. The molecular formula is C14H14N2O2S. The number of carboxylic acids is 1. The first-order valence-corrected chi connectivity index (χ1v) is 6.72. The molecule has 0 unspecified atom stereocenters. The van der Waals surface area contributed by atoms with E-state index in [-0.39, 0.29) is 5.56 Å². The zero-order valence-corrected chi connectivity index (χ0v) is 11.3. The number of benzene rings is 1. The number of carbonyl (C=O) groups is 1. The van der Waals surface area contributed by atoms with Crippen molar-refractivity contribution in [2.24, 2.45) is 0 Å². The third kappa shape index (κ3) is 3.48. The van der Waals surface area contributed by atoms with E-state index in [4.69, 9.17) is 10.8 Å². The van der Waals surface area contributed by atoms with E-state index in [2.05, 4.69) is 4.98 Å². The van der Waals surface area contributed by atoms with Gasteiger partial charge in [0.25, 0.3) is 0 Å². The van der Waals surface area contributed by atoms with Gasteiger partial charge in [0.1, 0.15) is 0 Å². The second-order valence-electron chi connectivity index (χ2n) is 4.15. The number of nitrogens with two attached hydrogens (primary N) is 1. The number of anilines is 1. The van der Waals surface area contributed by atoms with Crippen LogP contribution in [0.15, 0.2) is 41.4 Å². The largest absolute Gasteiger partial charge is 0.478 e. The summed E-state index contributed by atoms with van der Waals surface area (Å²) >= 11 is 1.65. The minimum absolute atomic E-state index is 0.206. The van der Waals surface area contributed by atoms with Crippen molar-refractivity contribution >= 4 is 23.4 Å². The van der Waals surface area contributed by atoms with Crippen molar-refractivity contribution < 1.29 is 9.90 Å². The van der Waals surface area contributed by atoms with Gasteiger partial charge in [-0.25, -0.2) is 4.79 Å². The molecule has 2 aromatic rings. The molecular weight excluding hydrogens is 260 g/mol. The number of aryl methyl sites for hydroxylation is 1. The highest BCUT2D eigenvalue weighted by Gasteiger charge is 2.04. The van der Waals surface area contributed by atoms with Crippen molar-refractivity contribution in [1.29, 1.82) is 0 Å². The molecule has 0 aliphatic carbocycles. The Labute approximate surface area is 115 Å². The summed E-state index contributed by atoms with van der Waals surface area (Å²) in [6.07, 6.45) is 1.38. The van der Waals surface area contributed by atoms with Crippen LogP contribution in [0.3, 0.4) is 0 Å². The van der Waals surface area contributed by atoms with Crippen molar-refractivity contribution in [3.8, 4) is 0 Å². The molecule has 2 rings (SSSR count). The van der Waals surface area contributed by atoms with E-state index < -0.39 is 5.97 Å². The van der Waals surface area contributed by atoms with Crippen LogP contribution in [0.1, 0.15) is 21.6 Å². The molecule has 1 aromatic carbocycles. The van der Waals surface area contributed by atoms with Gasteiger partial charge in [-0.15, -0.1) is 11.8 Å². The molecule has 0 amide bonds. The molecule has 0 atom stereocenters. The Morgan fingerprint density at radius 2 is 2.16 bits per heavy atom. The van der Waals surface area contributed by atoms with Crippen molar-refractivity contribution in [3.05, 3.63) is 53.3 Å². The predicted octanol–water partition coefficient (Wildman–Crippen LogP) is 2.96. The summed E-state index contributed by atoms with van der Waals surface area (Å²) in [5.41, 5.74) is 8.66. The van der Waals surface area contributed by atoms with E-state index in [0.717, 1.165) is 21.8 Å². The van der Waals surface area contributed by atoms with Gasteiger partial charge in [-0.05, 0) is 42.8 Å². The molecule has 0 fully saturated rings. The van der Waals surface area contributed by atoms with Gasteiger partial charge in [-0.3, -0.25) is 4.98 Å². The summed E-state index contributed by atoms with van der Waals surface area (Å²) in [5.74, 6) is -0.260. The highest BCUT2D eigenvalue weighted by atomic mass is 32.2. The van der Waals surface area contributed by atoms with Crippen LogP contribution < -0.4 is 5.73 Å². The standard InChI is InChI=1S/C14H14N2O2S/c1-9-6-12(4-5-13(9)15)19-8-11-3-2-10(7-16-11)14(17)18/h2-7H,8,15H2,1H3,(H,17,18). The van der Waals surface area contributed by atoms with Crippen LogP contribution in [0.4, 0.5) is 5.69 Å². The van der Waals surface area contributed by atoms with Gasteiger partial charge in [0.05, 0.1) is 11.3 Å². The third-order valence-corrected chi connectivity index (χ3v) is 3.73. The first-order valence-electron chi connectivity index (χ1n) is 5.73. The van der Waals surface area contributed by atoms with Crippen molar-refractivity contribution in [3.63, 3.8) is 0 Å². The predicted molar refractivity (Wildman–Crippen MR) is 76.3 cm³/mol. The molecule has 0 aliphatic heterocycles. The fraction of sp³-hybridized carbons (Fsp3) is 0.143. The second-order valence-corrected chi connectivity index (χ2v) is 5.20. The molecule has 19 heavy (non-hydrogen) atoms. The lowest BCUT2D eigenvalue weighted by atomic mass is 10.2. The molecule has 1 heterocycles. The molecule has 5 heteroatoms. The van der Waals surface area contributed by atoms with Gasteiger partial charge in [-0.2, -0.15) is 0 Å². The lowest BCUT2D eigenvalue weighted by Crippen LogP contribution is -1.98. The van der Waals surface area contributed by atoms with E-state index in [1.54, 1.807) is 23.9 Å². The van der Waals surface area contributed by atoms with E-state index in [1.807, 2.05) is 25.1 Å². The Kier molecular flexibility index (Phi) is 4.06. The summed E-state index contributed by atoms with van der Waals surface area (Å²) < 4.78 is 0. The molecule has 3 N–H and O–H groups in total. The maximum Gasteiger partial charge on any atom is 0.337 e. The molecule has 0 saturated carbocycles. The average molecular weight is 274 g/mol. The van der Waals surface area contributed by atoms with Gasteiger partial charge in [0.15, 0.2) is 0 Å². The Balaban J connectivity index is 2.01. The van der Waals surface area contributed by atoms with Crippen LogP contribution >= 0.6 is 11.8 Å². The van der Waals surface area contributed by atoms with Gasteiger partial charge in [-0.1, -0.05) is 0 Å². The van der Waals surface area contributed by atoms with Crippen molar-refractivity contribution in [2.45, 2.75) is 17.6 Å². The monoisotopic (exact) mass is 274 g/mol. The first-order chi connectivity index (χ1) is 9.06. The quantitative estimate of drug-likeness (QED) is 0.662. The molecule has 0 aliphatic rings. The number of hydrogen-bond donors (Lipinski definition) is 2. The summed E-state index contributed by atoms with van der Waals surface area (Å²) in [4.78, 5) is 16.0. The van der Waals surface area contributed by atoms with E-state index in [1.165, 1.54) is 6.20 Å². The number of nitrogens with zero attached hydrogens (tertiary/aromatic N) is 1. The minimum Gasteiger partial charge on any atom is -0.478 e. The lowest BCUT2D eigenvalue weighted by molar-refractivity contribution is 0.0696. The lowest BCUT2D eigenvalue weighted by Gasteiger charge is -2.05. The Hall–Kier alpha value is -2.01. The van der Waals surface area contributed by atoms with Gasteiger partial charge in [0.2, 0.25) is 0 Å². The number of rotatable bonds is 4. The average Bonchev–Trinajstić information content (AvgIpc) is 2.40. The smallest absolute Gasteiger partial charge is 0.337 e. The van der Waals surface area contributed by atoms with E-state index in [9.17, 15) is 4.79 Å². The molecule has 0 radical (unpaired) electrons. The van der Waals surface area contributed by atoms with E-state index in [0.29, 0.717) is 5.75 Å². The molecule has 98 valence electrons. The summed E-state index contributed by atoms with van der Waals surface area (Å²) in [6.45, 7) is 1.97. The Morgan fingerprint density at radius 3 is 2.74 bits per heavy atom. The van der Waals surface area contributed by atoms with Crippen LogP contribution in [-0.2, 0) is 5.75 Å². The number of nitrogen functional groups attached to an aromatic ring is 1. The molecule has 0 bridgehead atoms. The highest BCUT2D eigenvalue weighted by molar-refractivity contribution is 7.98.